The zero-order valence-electron chi connectivity index (χ0n) is 10.5. The van der Waals surface area contributed by atoms with Crippen molar-refractivity contribution < 1.29 is 4.74 Å². The van der Waals surface area contributed by atoms with E-state index in [-0.39, 0.29) is 17.6 Å². The number of nitrogens with two attached hydrogens (primary N) is 1. The van der Waals surface area contributed by atoms with Gasteiger partial charge in [0.05, 0.1) is 6.10 Å². The average molecular weight is 214 g/mol. The summed E-state index contributed by atoms with van der Waals surface area (Å²) in [7, 11) is 0. The van der Waals surface area contributed by atoms with Crippen molar-refractivity contribution >= 4 is 0 Å². The highest BCUT2D eigenvalue weighted by atomic mass is 16.5. The Bertz CT molecular complexity index is 185. The summed E-state index contributed by atoms with van der Waals surface area (Å²) in [5.41, 5.74) is 3.08. The molecular weight excluding hydrogens is 188 g/mol. The van der Waals surface area contributed by atoms with Gasteiger partial charge in [0.1, 0.15) is 0 Å². The van der Waals surface area contributed by atoms with Crippen LogP contribution in [-0.4, -0.2) is 18.8 Å². The number of hydrogen-bond acceptors (Lipinski definition) is 3. The Morgan fingerprint density at radius 1 is 1.40 bits per heavy atom. The van der Waals surface area contributed by atoms with Gasteiger partial charge in [0.2, 0.25) is 0 Å². The van der Waals surface area contributed by atoms with E-state index in [1.807, 2.05) is 6.92 Å². The van der Waals surface area contributed by atoms with Crippen LogP contribution >= 0.6 is 0 Å². The molecule has 1 rings (SSSR count). The van der Waals surface area contributed by atoms with Gasteiger partial charge in [-0.3, -0.25) is 11.3 Å². The van der Waals surface area contributed by atoms with Gasteiger partial charge in [-0.05, 0) is 24.7 Å². The highest BCUT2D eigenvalue weighted by Crippen LogP contribution is 2.36. The first-order valence-electron chi connectivity index (χ1n) is 6.06. The minimum atomic E-state index is 0.141. The molecule has 0 aromatic rings. The van der Waals surface area contributed by atoms with Crippen LogP contribution in [-0.2, 0) is 4.74 Å². The summed E-state index contributed by atoms with van der Waals surface area (Å²) in [4.78, 5) is 0. The van der Waals surface area contributed by atoms with E-state index in [4.69, 9.17) is 10.6 Å². The molecule has 3 nitrogen and oxygen atoms in total. The summed E-state index contributed by atoms with van der Waals surface area (Å²) in [6, 6.07) is 0.289. The van der Waals surface area contributed by atoms with Crippen LogP contribution in [0.2, 0.25) is 0 Å². The topological polar surface area (TPSA) is 47.3 Å². The van der Waals surface area contributed by atoms with Crippen LogP contribution in [0.3, 0.4) is 0 Å². The van der Waals surface area contributed by atoms with Gasteiger partial charge in [0, 0.05) is 12.6 Å². The van der Waals surface area contributed by atoms with Crippen molar-refractivity contribution in [2.75, 3.05) is 6.61 Å². The average Bonchev–Trinajstić information content (AvgIpc) is 2.93. The monoisotopic (exact) mass is 214 g/mol. The molecule has 1 aliphatic carbocycles. The van der Waals surface area contributed by atoms with E-state index >= 15 is 0 Å². The minimum absolute atomic E-state index is 0.141. The van der Waals surface area contributed by atoms with E-state index in [2.05, 4.69) is 26.2 Å². The van der Waals surface area contributed by atoms with E-state index in [1.165, 1.54) is 12.8 Å². The van der Waals surface area contributed by atoms with Crippen LogP contribution in [0.4, 0.5) is 0 Å². The first kappa shape index (κ1) is 12.9. The Morgan fingerprint density at radius 3 is 2.33 bits per heavy atom. The molecule has 0 aromatic carbocycles. The van der Waals surface area contributed by atoms with Crippen LogP contribution in [0.25, 0.3) is 0 Å². The molecule has 0 bridgehead atoms. The van der Waals surface area contributed by atoms with Crippen molar-refractivity contribution in [3.8, 4) is 0 Å². The molecule has 3 heteroatoms. The third kappa shape index (κ3) is 4.09. The molecule has 0 amide bonds. The summed E-state index contributed by atoms with van der Waals surface area (Å²) in [6.45, 7) is 9.44. The summed E-state index contributed by atoms with van der Waals surface area (Å²) >= 11 is 0. The van der Waals surface area contributed by atoms with E-state index in [0.717, 1.165) is 18.9 Å². The Kier molecular flexibility index (Phi) is 4.56. The van der Waals surface area contributed by atoms with Gasteiger partial charge < -0.3 is 4.74 Å². The van der Waals surface area contributed by atoms with Gasteiger partial charge in [0.15, 0.2) is 0 Å². The van der Waals surface area contributed by atoms with Gasteiger partial charge in [0.25, 0.3) is 0 Å². The Labute approximate surface area is 93.7 Å². The van der Waals surface area contributed by atoms with Crippen LogP contribution < -0.4 is 11.3 Å². The van der Waals surface area contributed by atoms with Crippen molar-refractivity contribution in [1.82, 2.24) is 5.43 Å². The first-order chi connectivity index (χ1) is 6.99. The Balaban J connectivity index is 2.56. The maximum Gasteiger partial charge on any atom is 0.0789 e. The van der Waals surface area contributed by atoms with Crippen molar-refractivity contribution in [3.63, 3.8) is 0 Å². The molecule has 0 heterocycles. The standard InChI is InChI=1S/C12H26N2O/c1-5-15-11(12(2,3)4)10(14-13)8-9-6-7-9/h9-11,14H,5-8,13H2,1-4H3. The molecule has 0 radical (unpaired) electrons. The summed E-state index contributed by atoms with van der Waals surface area (Å²) in [6.07, 6.45) is 4.08. The number of rotatable bonds is 6. The highest BCUT2D eigenvalue weighted by molar-refractivity contribution is 4.89. The molecular formula is C12H26N2O. The number of hydrogen-bond donors (Lipinski definition) is 2. The fourth-order valence-corrected chi connectivity index (χ4v) is 2.14. The molecule has 90 valence electrons. The van der Waals surface area contributed by atoms with Gasteiger partial charge in [-0.15, -0.1) is 0 Å². The molecule has 1 fully saturated rings. The first-order valence-corrected chi connectivity index (χ1v) is 6.06. The van der Waals surface area contributed by atoms with Gasteiger partial charge in [-0.2, -0.15) is 0 Å². The number of ether oxygens (including phenoxy) is 1. The lowest BCUT2D eigenvalue weighted by molar-refractivity contribution is -0.0385. The second-order valence-electron chi connectivity index (χ2n) is 5.69. The second-order valence-corrected chi connectivity index (χ2v) is 5.69. The predicted octanol–water partition coefficient (Wildman–Crippen LogP) is 2.07. The van der Waals surface area contributed by atoms with Crippen molar-refractivity contribution in [1.29, 1.82) is 0 Å². The fourth-order valence-electron chi connectivity index (χ4n) is 2.14. The van der Waals surface area contributed by atoms with Gasteiger partial charge in [-0.1, -0.05) is 33.6 Å². The molecule has 2 atom stereocenters. The zero-order chi connectivity index (χ0) is 11.5. The molecule has 0 aromatic heterocycles. The van der Waals surface area contributed by atoms with Crippen LogP contribution in [0, 0.1) is 11.3 Å². The van der Waals surface area contributed by atoms with Crippen LogP contribution in [0.1, 0.15) is 47.0 Å². The summed E-state index contributed by atoms with van der Waals surface area (Å²) in [5, 5.41) is 0. The lowest BCUT2D eigenvalue weighted by Gasteiger charge is -2.36. The van der Waals surface area contributed by atoms with E-state index in [1.54, 1.807) is 0 Å². The molecule has 0 aliphatic heterocycles. The lowest BCUT2D eigenvalue weighted by Crippen LogP contribution is -2.51. The van der Waals surface area contributed by atoms with Crippen molar-refractivity contribution in [2.24, 2.45) is 17.2 Å². The number of nitrogens with one attached hydrogen (secondary N) is 1. The minimum Gasteiger partial charge on any atom is -0.376 e. The van der Waals surface area contributed by atoms with E-state index < -0.39 is 0 Å². The molecule has 0 spiro atoms. The van der Waals surface area contributed by atoms with Gasteiger partial charge >= 0.3 is 0 Å². The Morgan fingerprint density at radius 2 is 2.00 bits per heavy atom. The van der Waals surface area contributed by atoms with Gasteiger partial charge in [-0.25, -0.2) is 0 Å². The third-order valence-electron chi connectivity index (χ3n) is 3.06. The fraction of sp³-hybridized carbons (Fsp3) is 1.00. The smallest absolute Gasteiger partial charge is 0.0789 e. The van der Waals surface area contributed by atoms with Crippen LogP contribution in [0.15, 0.2) is 0 Å². The quantitative estimate of drug-likeness (QED) is 0.525. The molecule has 1 saturated carbocycles. The van der Waals surface area contributed by atoms with E-state index in [0.29, 0.717) is 0 Å². The second kappa shape index (κ2) is 5.28. The van der Waals surface area contributed by atoms with Crippen molar-refractivity contribution in [3.05, 3.63) is 0 Å². The Hall–Kier alpha value is -0.120. The predicted molar refractivity (Wildman–Crippen MR) is 63.3 cm³/mol. The summed E-state index contributed by atoms with van der Waals surface area (Å²) < 4.78 is 5.85. The number of hydrazine groups is 1. The summed E-state index contributed by atoms with van der Waals surface area (Å²) in [5.74, 6) is 6.52. The maximum absolute atomic E-state index is 5.85. The molecule has 3 N–H and O–H groups in total. The van der Waals surface area contributed by atoms with E-state index in [9.17, 15) is 0 Å². The molecule has 2 unspecified atom stereocenters. The normalized spacial score (nSPS) is 21.4. The highest BCUT2D eigenvalue weighted by Gasteiger charge is 2.36. The molecule has 0 saturated heterocycles. The lowest BCUT2D eigenvalue weighted by atomic mass is 9.83. The van der Waals surface area contributed by atoms with Crippen LogP contribution in [0.5, 0.6) is 0 Å². The largest absolute Gasteiger partial charge is 0.376 e. The van der Waals surface area contributed by atoms with Crippen molar-refractivity contribution in [2.45, 2.75) is 59.1 Å². The molecule has 15 heavy (non-hydrogen) atoms. The zero-order valence-corrected chi connectivity index (χ0v) is 10.5. The SMILES string of the molecule is CCOC(C(CC1CC1)NN)C(C)(C)C. The maximum atomic E-state index is 5.85. The third-order valence-corrected chi connectivity index (χ3v) is 3.06. The molecule has 1 aliphatic rings.